The van der Waals surface area contributed by atoms with Crippen LogP contribution in [0.1, 0.15) is 41.1 Å². The molecule has 9 nitrogen and oxygen atoms in total. The van der Waals surface area contributed by atoms with E-state index in [0.717, 1.165) is 25.1 Å². The molecule has 11 heteroatoms. The highest BCUT2D eigenvalue weighted by Crippen LogP contribution is 2.40. The second-order valence-electron chi connectivity index (χ2n) is 10.4. The molecule has 208 valence electrons. The minimum atomic E-state index is -0.749. The molecule has 2 aromatic rings. The molecular weight excluding hydrogens is 504 g/mol. The molecule has 4 N–H and O–H groups in total. The molecule has 0 aromatic heterocycles. The van der Waals surface area contributed by atoms with E-state index in [-0.39, 0.29) is 17.3 Å². The fourth-order valence-electron chi connectivity index (χ4n) is 5.08. The van der Waals surface area contributed by atoms with Crippen molar-refractivity contribution >= 4 is 17.5 Å². The summed E-state index contributed by atoms with van der Waals surface area (Å²) >= 11 is 0. The lowest BCUT2D eigenvalue weighted by molar-refractivity contribution is -0.135. The number of likely N-dealkylation sites (N-methyl/N-ethyl adjacent to an activating group) is 1. The molecule has 1 saturated heterocycles. The average molecular weight is 540 g/mol. The Balaban J connectivity index is 1.18. The molecule has 0 bridgehead atoms. The van der Waals surface area contributed by atoms with Crippen LogP contribution in [0.2, 0.25) is 0 Å². The van der Waals surface area contributed by atoms with E-state index in [2.05, 4.69) is 26.5 Å². The van der Waals surface area contributed by atoms with E-state index in [1.165, 1.54) is 24.3 Å². The van der Waals surface area contributed by atoms with Crippen molar-refractivity contribution in [2.24, 2.45) is 0 Å². The maximum absolute atomic E-state index is 14.9. The summed E-state index contributed by atoms with van der Waals surface area (Å²) in [5, 5.41) is 7.90. The van der Waals surface area contributed by atoms with E-state index in [1.54, 1.807) is 28.4 Å². The van der Waals surface area contributed by atoms with Gasteiger partial charge in [0.05, 0.1) is 11.3 Å². The fraction of sp³-hybridized carbons (Fsp3) is 0.429. The summed E-state index contributed by atoms with van der Waals surface area (Å²) < 4.78 is 28.1. The van der Waals surface area contributed by atoms with Gasteiger partial charge in [0, 0.05) is 50.5 Å². The fourth-order valence-corrected chi connectivity index (χ4v) is 5.08. The Kier molecular flexibility index (Phi) is 8.39. The van der Waals surface area contributed by atoms with Gasteiger partial charge in [-0.3, -0.25) is 14.6 Å². The topological polar surface area (TPSA) is 92.0 Å². The highest BCUT2D eigenvalue weighted by Gasteiger charge is 2.37. The van der Waals surface area contributed by atoms with Crippen molar-refractivity contribution in [2.75, 3.05) is 44.8 Å². The normalized spacial score (nSPS) is 21.5. The molecule has 2 heterocycles. The highest BCUT2D eigenvalue weighted by molar-refractivity contribution is 5.98. The van der Waals surface area contributed by atoms with Crippen molar-refractivity contribution in [3.63, 3.8) is 0 Å². The van der Waals surface area contributed by atoms with Crippen LogP contribution in [0, 0.1) is 11.6 Å². The van der Waals surface area contributed by atoms with Crippen LogP contribution in [0.5, 0.6) is 0 Å². The molecule has 2 fully saturated rings. The van der Waals surface area contributed by atoms with Crippen LogP contribution >= 0.6 is 0 Å². The lowest BCUT2D eigenvalue weighted by Gasteiger charge is -2.35. The molecule has 2 aliphatic heterocycles. The molecule has 39 heavy (non-hydrogen) atoms. The molecule has 0 unspecified atom stereocenters. The molecule has 1 aliphatic carbocycles. The first kappa shape index (κ1) is 27.0. The number of piperazine rings is 1. The number of hydrogen-bond donors (Lipinski definition) is 4. The van der Waals surface area contributed by atoms with Crippen LogP contribution in [-0.4, -0.2) is 73.5 Å². The second-order valence-corrected chi connectivity index (χ2v) is 10.4. The van der Waals surface area contributed by atoms with Gasteiger partial charge in [-0.25, -0.2) is 8.78 Å². The van der Waals surface area contributed by atoms with Gasteiger partial charge in [0.2, 0.25) is 5.91 Å². The Labute approximate surface area is 227 Å². The average Bonchev–Trinajstić information content (AvgIpc) is 3.49. The number of hydrogen-bond acceptors (Lipinski definition) is 7. The number of nitrogens with zero attached hydrogens (tertiary/aromatic N) is 3. The number of nitrogens with one attached hydrogen (secondary N) is 4. The maximum Gasteiger partial charge on any atom is 0.254 e. The van der Waals surface area contributed by atoms with Gasteiger partial charge in [-0.05, 0) is 68.8 Å². The van der Waals surface area contributed by atoms with Gasteiger partial charge in [-0.15, -0.1) is 5.53 Å². The minimum Gasteiger partial charge on any atom is -0.340 e. The van der Waals surface area contributed by atoms with Crippen molar-refractivity contribution < 1.29 is 18.4 Å². The first-order valence-corrected chi connectivity index (χ1v) is 13.4. The second kappa shape index (κ2) is 12.1. The Morgan fingerprint density at radius 3 is 2.54 bits per heavy atom. The SMILES string of the molecule is CN1CCN(C(=O)[C@H](CCCN[C@@H]2C[C@H]2c2ccc(F)cc2)NC(=O)c2ccc(N3C=CNN3)cc2F)CC1. The zero-order chi connectivity index (χ0) is 27.4. The lowest BCUT2D eigenvalue weighted by atomic mass is 10.1. The molecule has 2 amide bonds. The number of rotatable bonds is 10. The van der Waals surface area contributed by atoms with Gasteiger partial charge in [-0.1, -0.05) is 12.1 Å². The standard InChI is InChI=1S/C28H35F2N7O2/c1-35-13-15-36(16-14-35)28(39)25(3-2-10-31-26-18-23(26)19-4-6-20(29)7-5-19)33-27(38)22-9-8-21(17-24(22)30)37-12-11-32-34-37/h4-9,11-12,17,23,25-26,31-32,34H,2-3,10,13-16,18H2,1H3,(H,33,38)/t23-,25-,26+/m0/s1. The maximum atomic E-state index is 14.9. The predicted octanol–water partition coefficient (Wildman–Crippen LogP) is 2.06. The Morgan fingerprint density at radius 1 is 1.08 bits per heavy atom. The third-order valence-electron chi connectivity index (χ3n) is 7.55. The molecule has 1 saturated carbocycles. The minimum absolute atomic E-state index is 0.107. The number of halogens is 2. The molecule has 0 spiro atoms. The number of anilines is 1. The number of hydrazine groups is 2. The summed E-state index contributed by atoms with van der Waals surface area (Å²) in [7, 11) is 2.01. The van der Waals surface area contributed by atoms with E-state index in [4.69, 9.17) is 0 Å². The van der Waals surface area contributed by atoms with Gasteiger partial charge >= 0.3 is 0 Å². The van der Waals surface area contributed by atoms with E-state index in [1.807, 2.05) is 19.2 Å². The monoisotopic (exact) mass is 539 g/mol. The summed E-state index contributed by atoms with van der Waals surface area (Å²) in [6.07, 6.45) is 5.44. The van der Waals surface area contributed by atoms with Gasteiger partial charge < -0.3 is 25.9 Å². The van der Waals surface area contributed by atoms with Crippen LogP contribution in [0.3, 0.4) is 0 Å². The number of carbonyl (C=O) groups is 2. The molecule has 3 aliphatic rings. The summed E-state index contributed by atoms with van der Waals surface area (Å²) in [5.41, 5.74) is 7.14. The first-order valence-electron chi connectivity index (χ1n) is 13.4. The lowest BCUT2D eigenvalue weighted by Crippen LogP contribution is -2.54. The van der Waals surface area contributed by atoms with E-state index >= 15 is 0 Å². The summed E-state index contributed by atoms with van der Waals surface area (Å²) in [5.74, 6) is -1.29. The van der Waals surface area contributed by atoms with Crippen LogP contribution < -0.4 is 26.6 Å². The van der Waals surface area contributed by atoms with E-state index < -0.39 is 17.8 Å². The Hall–Kier alpha value is -3.54. The molecule has 0 radical (unpaired) electrons. The van der Waals surface area contributed by atoms with Crippen molar-refractivity contribution in [2.45, 2.75) is 37.3 Å². The quantitative estimate of drug-likeness (QED) is 0.344. The van der Waals surface area contributed by atoms with Crippen molar-refractivity contribution in [3.05, 3.63) is 77.6 Å². The van der Waals surface area contributed by atoms with Crippen molar-refractivity contribution in [1.29, 1.82) is 0 Å². The third kappa shape index (κ3) is 6.73. The van der Waals surface area contributed by atoms with Gasteiger partial charge in [0.1, 0.15) is 17.7 Å². The van der Waals surface area contributed by atoms with Gasteiger partial charge in [0.25, 0.3) is 5.91 Å². The van der Waals surface area contributed by atoms with Crippen LogP contribution in [-0.2, 0) is 4.79 Å². The molecule has 5 rings (SSSR count). The number of carbonyl (C=O) groups excluding carboxylic acids is 2. The summed E-state index contributed by atoms with van der Waals surface area (Å²) in [4.78, 5) is 30.4. The molecule has 3 atom stereocenters. The van der Waals surface area contributed by atoms with Crippen LogP contribution in [0.15, 0.2) is 54.9 Å². The van der Waals surface area contributed by atoms with E-state index in [9.17, 15) is 18.4 Å². The number of benzene rings is 2. The zero-order valence-electron chi connectivity index (χ0n) is 22.0. The zero-order valence-corrected chi connectivity index (χ0v) is 22.0. The third-order valence-corrected chi connectivity index (χ3v) is 7.55. The molecule has 2 aromatic carbocycles. The summed E-state index contributed by atoms with van der Waals surface area (Å²) in [6.45, 7) is 3.40. The van der Waals surface area contributed by atoms with E-state index in [0.29, 0.717) is 50.1 Å². The highest BCUT2D eigenvalue weighted by atomic mass is 19.1. The smallest absolute Gasteiger partial charge is 0.254 e. The van der Waals surface area contributed by atoms with Crippen molar-refractivity contribution in [3.8, 4) is 0 Å². The molecular formula is C28H35F2N7O2. The largest absolute Gasteiger partial charge is 0.340 e. The van der Waals surface area contributed by atoms with Crippen molar-refractivity contribution in [1.82, 2.24) is 31.4 Å². The Bertz CT molecular complexity index is 1200. The van der Waals surface area contributed by atoms with Crippen LogP contribution in [0.25, 0.3) is 0 Å². The first-order chi connectivity index (χ1) is 18.9. The Morgan fingerprint density at radius 2 is 1.85 bits per heavy atom. The van der Waals surface area contributed by atoms with Crippen LogP contribution in [0.4, 0.5) is 14.5 Å². The summed E-state index contributed by atoms with van der Waals surface area (Å²) in [6, 6.07) is 10.5. The van der Waals surface area contributed by atoms with Gasteiger partial charge in [-0.2, -0.15) is 0 Å². The number of amides is 2. The predicted molar refractivity (Wildman–Crippen MR) is 144 cm³/mol. The van der Waals surface area contributed by atoms with Gasteiger partial charge in [0.15, 0.2) is 0 Å².